The molecule has 0 spiro atoms. The first-order valence-electron chi connectivity index (χ1n) is 9.82. The second kappa shape index (κ2) is 9.37. The van der Waals surface area contributed by atoms with Crippen LogP contribution in [0.1, 0.15) is 31.9 Å². The molecule has 0 bridgehead atoms. The molecular weight excluding hydrogens is 430 g/mol. The number of halogens is 1. The van der Waals surface area contributed by atoms with E-state index in [9.17, 15) is 4.79 Å². The highest BCUT2D eigenvalue weighted by Crippen LogP contribution is 2.21. The minimum absolute atomic E-state index is 0.162. The molecule has 4 aromatic rings. The Labute approximate surface area is 190 Å². The highest BCUT2D eigenvalue weighted by molar-refractivity contribution is 7.12. The van der Waals surface area contributed by atoms with Crippen LogP contribution in [0.4, 0.5) is 5.69 Å². The lowest BCUT2D eigenvalue weighted by atomic mass is 10.1. The van der Waals surface area contributed by atoms with Gasteiger partial charge < -0.3 is 10.1 Å². The molecule has 0 saturated heterocycles. The largest absolute Gasteiger partial charge is 0.489 e. The SMILES string of the molecule is Cc1ccc(OCc2csc(C(=O)Nc3cnn(Cc4cccc(Cl)c4)c3)c2)cc1C. The summed E-state index contributed by atoms with van der Waals surface area (Å²) in [6.45, 7) is 5.13. The Morgan fingerprint density at radius 1 is 1.13 bits per heavy atom. The Morgan fingerprint density at radius 3 is 2.81 bits per heavy atom. The molecule has 0 unspecified atom stereocenters. The number of thiophene rings is 1. The van der Waals surface area contributed by atoms with E-state index in [0.29, 0.717) is 28.7 Å². The Bertz CT molecular complexity index is 1220. The van der Waals surface area contributed by atoms with Crippen LogP contribution in [0, 0.1) is 13.8 Å². The van der Waals surface area contributed by atoms with Gasteiger partial charge in [0.1, 0.15) is 12.4 Å². The molecule has 0 fully saturated rings. The minimum atomic E-state index is -0.162. The fourth-order valence-corrected chi connectivity index (χ4v) is 4.08. The molecule has 158 valence electrons. The summed E-state index contributed by atoms with van der Waals surface area (Å²) in [5.74, 6) is 0.664. The maximum atomic E-state index is 12.6. The first-order valence-corrected chi connectivity index (χ1v) is 11.1. The number of carbonyl (C=O) groups is 1. The first kappa shape index (κ1) is 21.2. The van der Waals surface area contributed by atoms with Gasteiger partial charge in [-0.15, -0.1) is 11.3 Å². The summed E-state index contributed by atoms with van der Waals surface area (Å²) in [7, 11) is 0. The van der Waals surface area contributed by atoms with Crippen molar-refractivity contribution >= 4 is 34.5 Å². The van der Waals surface area contributed by atoms with Crippen LogP contribution in [0.3, 0.4) is 0 Å². The van der Waals surface area contributed by atoms with E-state index in [2.05, 4.69) is 24.3 Å². The van der Waals surface area contributed by atoms with E-state index in [-0.39, 0.29) is 5.91 Å². The van der Waals surface area contributed by atoms with Gasteiger partial charge in [0.05, 0.1) is 23.3 Å². The van der Waals surface area contributed by atoms with Crippen molar-refractivity contribution in [1.29, 1.82) is 0 Å². The summed E-state index contributed by atoms with van der Waals surface area (Å²) >= 11 is 7.43. The summed E-state index contributed by atoms with van der Waals surface area (Å²) in [5, 5.41) is 9.84. The average Bonchev–Trinajstić information content (AvgIpc) is 3.38. The molecule has 0 radical (unpaired) electrons. The molecule has 1 N–H and O–H groups in total. The number of aromatic nitrogens is 2. The molecule has 4 rings (SSSR count). The number of rotatable bonds is 7. The van der Waals surface area contributed by atoms with Gasteiger partial charge in [0.15, 0.2) is 0 Å². The number of carbonyl (C=O) groups excluding carboxylic acids is 1. The first-order chi connectivity index (χ1) is 15.0. The maximum absolute atomic E-state index is 12.6. The second-order valence-corrected chi connectivity index (χ2v) is 8.71. The van der Waals surface area contributed by atoms with Gasteiger partial charge in [-0.2, -0.15) is 5.10 Å². The molecule has 2 heterocycles. The maximum Gasteiger partial charge on any atom is 0.265 e. The van der Waals surface area contributed by atoms with Crippen molar-refractivity contribution in [3.8, 4) is 5.75 Å². The number of nitrogens with zero attached hydrogens (tertiary/aromatic N) is 2. The van der Waals surface area contributed by atoms with Gasteiger partial charge in [0.25, 0.3) is 5.91 Å². The van der Waals surface area contributed by atoms with Crippen molar-refractivity contribution in [3.63, 3.8) is 0 Å². The molecule has 5 nitrogen and oxygen atoms in total. The number of hydrogen-bond donors (Lipinski definition) is 1. The van der Waals surface area contributed by atoms with Crippen LogP contribution in [0.2, 0.25) is 5.02 Å². The number of aryl methyl sites for hydroxylation is 2. The molecule has 2 aromatic carbocycles. The van der Waals surface area contributed by atoms with E-state index in [4.69, 9.17) is 16.3 Å². The van der Waals surface area contributed by atoms with Crippen LogP contribution in [0.5, 0.6) is 5.75 Å². The number of benzene rings is 2. The fourth-order valence-electron chi connectivity index (χ4n) is 3.07. The van der Waals surface area contributed by atoms with Crippen LogP contribution in [0.15, 0.2) is 66.3 Å². The van der Waals surface area contributed by atoms with Crippen LogP contribution >= 0.6 is 22.9 Å². The van der Waals surface area contributed by atoms with Gasteiger partial charge in [-0.3, -0.25) is 9.48 Å². The van der Waals surface area contributed by atoms with Gasteiger partial charge >= 0.3 is 0 Å². The molecule has 2 aromatic heterocycles. The number of hydrogen-bond acceptors (Lipinski definition) is 4. The molecule has 0 saturated carbocycles. The van der Waals surface area contributed by atoms with E-state index in [1.165, 1.54) is 22.5 Å². The molecule has 0 aliphatic rings. The molecule has 1 amide bonds. The van der Waals surface area contributed by atoms with Crippen molar-refractivity contribution in [1.82, 2.24) is 9.78 Å². The van der Waals surface area contributed by atoms with Gasteiger partial charge in [-0.05, 0) is 66.2 Å². The average molecular weight is 452 g/mol. The second-order valence-electron chi connectivity index (χ2n) is 7.36. The zero-order valence-electron chi connectivity index (χ0n) is 17.3. The standard InChI is InChI=1S/C24H22ClN3O2S/c1-16-6-7-22(8-17(16)2)30-14-19-10-23(31-15-19)24(29)27-21-11-26-28(13-21)12-18-4-3-5-20(25)9-18/h3-11,13,15H,12,14H2,1-2H3,(H,27,29). The lowest BCUT2D eigenvalue weighted by molar-refractivity contribution is 0.103. The van der Waals surface area contributed by atoms with Crippen molar-refractivity contribution in [2.75, 3.05) is 5.32 Å². The monoisotopic (exact) mass is 451 g/mol. The van der Waals surface area contributed by atoms with Crippen LogP contribution in [-0.2, 0) is 13.2 Å². The van der Waals surface area contributed by atoms with Gasteiger partial charge in [0.2, 0.25) is 0 Å². The van der Waals surface area contributed by atoms with E-state index in [0.717, 1.165) is 16.9 Å². The number of nitrogens with one attached hydrogen (secondary N) is 1. The lowest BCUT2D eigenvalue weighted by Gasteiger charge is -2.07. The Morgan fingerprint density at radius 2 is 2.00 bits per heavy atom. The third-order valence-electron chi connectivity index (χ3n) is 4.89. The quantitative estimate of drug-likeness (QED) is 0.369. The van der Waals surface area contributed by atoms with Crippen molar-refractivity contribution in [2.24, 2.45) is 0 Å². The van der Waals surface area contributed by atoms with E-state index < -0.39 is 0 Å². The van der Waals surface area contributed by atoms with Crippen LogP contribution < -0.4 is 10.1 Å². The fraction of sp³-hybridized carbons (Fsp3) is 0.167. The molecule has 0 atom stereocenters. The Hall–Kier alpha value is -3.09. The summed E-state index contributed by atoms with van der Waals surface area (Å²) in [6, 6.07) is 15.5. The molecule has 31 heavy (non-hydrogen) atoms. The number of anilines is 1. The van der Waals surface area contributed by atoms with Crippen molar-refractivity contribution in [2.45, 2.75) is 27.0 Å². The van der Waals surface area contributed by atoms with E-state index >= 15 is 0 Å². The third-order valence-corrected chi connectivity index (χ3v) is 6.10. The predicted octanol–water partition coefficient (Wildman–Crippen LogP) is 6.09. The van der Waals surface area contributed by atoms with E-state index in [1.807, 2.05) is 53.9 Å². The number of ether oxygens (including phenoxy) is 1. The summed E-state index contributed by atoms with van der Waals surface area (Å²) in [4.78, 5) is 13.2. The lowest BCUT2D eigenvalue weighted by Crippen LogP contribution is -2.09. The Balaban J connectivity index is 1.33. The number of amides is 1. The summed E-state index contributed by atoms with van der Waals surface area (Å²) in [6.07, 6.45) is 3.44. The minimum Gasteiger partial charge on any atom is -0.489 e. The Kier molecular flexibility index (Phi) is 6.39. The van der Waals surface area contributed by atoms with Gasteiger partial charge in [-0.25, -0.2) is 0 Å². The molecular formula is C24H22ClN3O2S. The molecule has 7 heteroatoms. The zero-order chi connectivity index (χ0) is 21.8. The van der Waals surface area contributed by atoms with Gasteiger partial charge in [0, 0.05) is 16.8 Å². The van der Waals surface area contributed by atoms with Crippen LogP contribution in [0.25, 0.3) is 0 Å². The topological polar surface area (TPSA) is 56.1 Å². The summed E-state index contributed by atoms with van der Waals surface area (Å²) < 4.78 is 7.62. The van der Waals surface area contributed by atoms with Gasteiger partial charge in [-0.1, -0.05) is 29.8 Å². The zero-order valence-corrected chi connectivity index (χ0v) is 18.8. The van der Waals surface area contributed by atoms with Crippen molar-refractivity contribution in [3.05, 3.63) is 98.5 Å². The smallest absolute Gasteiger partial charge is 0.265 e. The normalized spacial score (nSPS) is 10.8. The van der Waals surface area contributed by atoms with Crippen molar-refractivity contribution < 1.29 is 9.53 Å². The molecule has 0 aliphatic heterocycles. The van der Waals surface area contributed by atoms with Crippen LogP contribution in [-0.4, -0.2) is 15.7 Å². The third kappa shape index (κ3) is 5.54. The highest BCUT2D eigenvalue weighted by atomic mass is 35.5. The molecule has 0 aliphatic carbocycles. The predicted molar refractivity (Wildman–Crippen MR) is 125 cm³/mol. The highest BCUT2D eigenvalue weighted by Gasteiger charge is 2.11. The van der Waals surface area contributed by atoms with E-state index in [1.54, 1.807) is 17.1 Å². The summed E-state index contributed by atoms with van der Waals surface area (Å²) in [5.41, 5.74) is 5.08.